The Morgan fingerprint density at radius 3 is 1.95 bits per heavy atom. The maximum absolute atomic E-state index is 14.7. The molecular weight excluding hydrogens is 526 g/mol. The zero-order chi connectivity index (χ0) is 30.4. The third-order valence-corrected chi connectivity index (χ3v) is 7.60. The van der Waals surface area contributed by atoms with Crippen molar-refractivity contribution in [3.8, 4) is 0 Å². The Hall–Kier alpha value is -4.13. The molecule has 0 saturated heterocycles. The molecule has 42 heavy (non-hydrogen) atoms. The van der Waals surface area contributed by atoms with Gasteiger partial charge in [-0.1, -0.05) is 85.8 Å². The fraction of sp³-hybridized carbons (Fsp3) is 0.400. The number of aryl methyl sites for hydroxylation is 2. The lowest BCUT2D eigenvalue weighted by Crippen LogP contribution is -2.55. The molecule has 3 amide bonds. The second-order valence-corrected chi connectivity index (χ2v) is 12.3. The Morgan fingerprint density at radius 2 is 1.43 bits per heavy atom. The van der Waals surface area contributed by atoms with E-state index in [1.54, 1.807) is 25.7 Å². The van der Waals surface area contributed by atoms with E-state index in [1.807, 2.05) is 92.7 Å². The summed E-state index contributed by atoms with van der Waals surface area (Å²) in [4.78, 5) is 43.6. The Kier molecular flexibility index (Phi) is 9.71. The van der Waals surface area contributed by atoms with Crippen molar-refractivity contribution < 1.29 is 19.1 Å². The van der Waals surface area contributed by atoms with E-state index in [0.717, 1.165) is 34.2 Å². The first kappa shape index (κ1) is 30.8. The van der Waals surface area contributed by atoms with Crippen LogP contribution < -0.4 is 10.6 Å². The monoisotopic (exact) mass is 569 g/mol. The first-order valence-corrected chi connectivity index (χ1v) is 14.7. The van der Waals surface area contributed by atoms with Crippen molar-refractivity contribution in [2.45, 2.75) is 84.7 Å². The highest BCUT2D eigenvalue weighted by molar-refractivity contribution is 5.93. The second kappa shape index (κ2) is 13.2. The van der Waals surface area contributed by atoms with Gasteiger partial charge in [-0.15, -0.1) is 0 Å². The normalized spacial score (nSPS) is 17.5. The second-order valence-electron chi connectivity index (χ2n) is 12.3. The van der Waals surface area contributed by atoms with Gasteiger partial charge in [0.25, 0.3) is 0 Å². The van der Waals surface area contributed by atoms with Gasteiger partial charge < -0.3 is 20.3 Å². The fourth-order valence-corrected chi connectivity index (χ4v) is 5.39. The van der Waals surface area contributed by atoms with E-state index >= 15 is 0 Å². The molecule has 7 heteroatoms. The lowest BCUT2D eigenvalue weighted by Gasteiger charge is -2.36. The molecule has 0 bridgehead atoms. The Morgan fingerprint density at radius 1 is 0.881 bits per heavy atom. The first-order chi connectivity index (χ1) is 19.9. The minimum Gasteiger partial charge on any atom is -0.444 e. The summed E-state index contributed by atoms with van der Waals surface area (Å²) >= 11 is 0. The molecule has 4 rings (SSSR count). The van der Waals surface area contributed by atoms with Crippen molar-refractivity contribution >= 4 is 17.9 Å². The van der Waals surface area contributed by atoms with Gasteiger partial charge in [-0.05, 0) is 74.8 Å². The molecule has 0 radical (unpaired) electrons. The Bertz CT molecular complexity index is 1360. The molecule has 1 fully saturated rings. The Balaban J connectivity index is 1.74. The Labute approximate surface area is 249 Å². The molecule has 0 heterocycles. The molecule has 222 valence electrons. The molecule has 0 aliphatic heterocycles. The van der Waals surface area contributed by atoms with E-state index in [2.05, 4.69) is 17.6 Å². The van der Waals surface area contributed by atoms with Crippen molar-refractivity contribution in [1.82, 2.24) is 15.5 Å². The van der Waals surface area contributed by atoms with Crippen LogP contribution in [0, 0.1) is 19.8 Å². The third-order valence-electron chi connectivity index (χ3n) is 7.60. The largest absolute Gasteiger partial charge is 0.444 e. The van der Waals surface area contributed by atoms with E-state index in [0.29, 0.717) is 6.54 Å². The number of ether oxygens (including phenoxy) is 1. The summed E-state index contributed by atoms with van der Waals surface area (Å²) in [5, 5.41) is 5.95. The number of carbonyl (C=O) groups is 3. The number of nitrogens with one attached hydrogen (secondary N) is 2. The number of amides is 3. The number of benzene rings is 3. The summed E-state index contributed by atoms with van der Waals surface area (Å²) in [6, 6.07) is 23.3. The van der Waals surface area contributed by atoms with Gasteiger partial charge in [0.15, 0.2) is 0 Å². The average molecular weight is 570 g/mol. The number of alkyl carbamates (subject to hydrolysis) is 1. The van der Waals surface area contributed by atoms with Crippen LogP contribution in [0.4, 0.5) is 4.79 Å². The van der Waals surface area contributed by atoms with Gasteiger partial charge in [-0.25, -0.2) is 4.79 Å². The first-order valence-electron chi connectivity index (χ1n) is 14.7. The number of hydrogen-bond acceptors (Lipinski definition) is 4. The molecule has 0 aromatic heterocycles. The molecule has 3 aromatic rings. The highest BCUT2D eigenvalue weighted by atomic mass is 16.6. The molecule has 3 aromatic carbocycles. The lowest BCUT2D eigenvalue weighted by molar-refractivity contribution is -0.143. The van der Waals surface area contributed by atoms with Crippen LogP contribution in [0.2, 0.25) is 0 Å². The van der Waals surface area contributed by atoms with Crippen LogP contribution in [0.1, 0.15) is 68.0 Å². The van der Waals surface area contributed by atoms with E-state index in [4.69, 9.17) is 4.74 Å². The maximum Gasteiger partial charge on any atom is 0.408 e. The number of rotatable bonds is 10. The molecule has 1 aliphatic carbocycles. The predicted octanol–water partition coefficient (Wildman–Crippen LogP) is 6.03. The zero-order valence-electron chi connectivity index (χ0n) is 25.5. The SMILES string of the molecule is Cc1cccc(C)c1C(C(=O)NCc1ccccc1)N(C(=O)C(Cc1ccccc1)NC(=O)OC(C)(C)C)C1CC1C. The predicted molar refractivity (Wildman–Crippen MR) is 165 cm³/mol. The average Bonchev–Trinajstić information content (AvgIpc) is 3.66. The summed E-state index contributed by atoms with van der Waals surface area (Å²) in [6.07, 6.45) is 0.378. The van der Waals surface area contributed by atoms with Crippen LogP contribution >= 0.6 is 0 Å². The molecule has 4 atom stereocenters. The topological polar surface area (TPSA) is 87.7 Å². The molecular formula is C35H43N3O4. The summed E-state index contributed by atoms with van der Waals surface area (Å²) in [7, 11) is 0. The highest BCUT2D eigenvalue weighted by Gasteiger charge is 2.48. The molecule has 1 saturated carbocycles. The van der Waals surface area contributed by atoms with Crippen LogP contribution in [-0.4, -0.2) is 40.5 Å². The van der Waals surface area contributed by atoms with Gasteiger partial charge in [-0.3, -0.25) is 9.59 Å². The van der Waals surface area contributed by atoms with Gasteiger partial charge in [-0.2, -0.15) is 0 Å². The van der Waals surface area contributed by atoms with Gasteiger partial charge in [0.2, 0.25) is 11.8 Å². The van der Waals surface area contributed by atoms with E-state index < -0.39 is 23.8 Å². The minimum atomic E-state index is -0.927. The lowest BCUT2D eigenvalue weighted by atomic mass is 9.93. The molecule has 1 aliphatic rings. The molecule has 0 spiro atoms. The number of hydrogen-bond donors (Lipinski definition) is 2. The van der Waals surface area contributed by atoms with E-state index in [-0.39, 0.29) is 30.2 Å². The fourth-order valence-electron chi connectivity index (χ4n) is 5.39. The van der Waals surface area contributed by atoms with Crippen LogP contribution in [-0.2, 0) is 27.3 Å². The van der Waals surface area contributed by atoms with Crippen LogP contribution in [0.5, 0.6) is 0 Å². The summed E-state index contributed by atoms with van der Waals surface area (Å²) in [5.41, 5.74) is 3.81. The van der Waals surface area contributed by atoms with Crippen LogP contribution in [0.25, 0.3) is 0 Å². The van der Waals surface area contributed by atoms with Crippen molar-refractivity contribution in [2.24, 2.45) is 5.92 Å². The maximum atomic E-state index is 14.7. The van der Waals surface area contributed by atoms with Gasteiger partial charge in [0, 0.05) is 19.0 Å². The van der Waals surface area contributed by atoms with Gasteiger partial charge in [0.05, 0.1) is 0 Å². The van der Waals surface area contributed by atoms with Crippen molar-refractivity contribution in [3.63, 3.8) is 0 Å². The standard InChI is InChI=1S/C35H43N3O4/c1-23-14-13-15-24(2)30(23)31(32(39)36-22-27-18-11-8-12-19-27)38(29-20-25(29)3)33(40)28(21-26-16-9-7-10-17-26)37-34(41)42-35(4,5)6/h7-19,25,28-29,31H,20-22H2,1-6H3,(H,36,39)(H,37,41). The number of nitrogens with zero attached hydrogens (tertiary/aromatic N) is 1. The quantitative estimate of drug-likeness (QED) is 0.312. The van der Waals surface area contributed by atoms with Crippen molar-refractivity contribution in [1.29, 1.82) is 0 Å². The zero-order valence-corrected chi connectivity index (χ0v) is 25.5. The van der Waals surface area contributed by atoms with Crippen LogP contribution in [0.3, 0.4) is 0 Å². The summed E-state index contributed by atoms with van der Waals surface area (Å²) < 4.78 is 5.55. The molecule has 7 nitrogen and oxygen atoms in total. The summed E-state index contributed by atoms with van der Waals surface area (Å²) in [6.45, 7) is 11.7. The minimum absolute atomic E-state index is 0.136. The van der Waals surface area contributed by atoms with Crippen molar-refractivity contribution in [3.05, 3.63) is 107 Å². The third kappa shape index (κ3) is 7.99. The van der Waals surface area contributed by atoms with E-state index in [9.17, 15) is 14.4 Å². The van der Waals surface area contributed by atoms with Crippen LogP contribution in [0.15, 0.2) is 78.9 Å². The molecule has 4 unspecified atom stereocenters. The summed E-state index contributed by atoms with van der Waals surface area (Å²) in [5.74, 6) is -0.331. The van der Waals surface area contributed by atoms with Gasteiger partial charge >= 0.3 is 6.09 Å². The smallest absolute Gasteiger partial charge is 0.408 e. The highest BCUT2D eigenvalue weighted by Crippen LogP contribution is 2.42. The number of carbonyl (C=O) groups excluding carboxylic acids is 3. The van der Waals surface area contributed by atoms with E-state index in [1.165, 1.54) is 0 Å². The van der Waals surface area contributed by atoms with Gasteiger partial charge in [0.1, 0.15) is 17.7 Å². The molecule has 2 N–H and O–H groups in total. The van der Waals surface area contributed by atoms with Crippen molar-refractivity contribution in [2.75, 3.05) is 0 Å².